The van der Waals surface area contributed by atoms with Gasteiger partial charge in [-0.15, -0.1) is 0 Å². The van der Waals surface area contributed by atoms with E-state index in [9.17, 15) is 13.2 Å². The molecular formula is C12H17NO3S. The number of ketones is 1. The lowest BCUT2D eigenvalue weighted by molar-refractivity contribution is -0.118. The molecule has 0 saturated carbocycles. The van der Waals surface area contributed by atoms with Crippen molar-refractivity contribution in [3.63, 3.8) is 0 Å². The summed E-state index contributed by atoms with van der Waals surface area (Å²) >= 11 is 0. The van der Waals surface area contributed by atoms with E-state index in [2.05, 4.69) is 4.72 Å². The minimum absolute atomic E-state index is 0.0943. The summed E-state index contributed by atoms with van der Waals surface area (Å²) in [6, 6.07) is 6.51. The fourth-order valence-electron chi connectivity index (χ4n) is 1.34. The van der Waals surface area contributed by atoms with Gasteiger partial charge in [-0.05, 0) is 25.5 Å². The van der Waals surface area contributed by atoms with Crippen molar-refractivity contribution in [2.24, 2.45) is 0 Å². The molecule has 0 aliphatic heterocycles. The van der Waals surface area contributed by atoms with Crippen LogP contribution in [0.1, 0.15) is 25.3 Å². The van der Waals surface area contributed by atoms with Gasteiger partial charge in [0, 0.05) is 6.42 Å². The number of sulfonamides is 1. The van der Waals surface area contributed by atoms with Gasteiger partial charge in [-0.2, -0.15) is 0 Å². The van der Waals surface area contributed by atoms with Crippen LogP contribution in [-0.2, 0) is 14.8 Å². The van der Waals surface area contributed by atoms with Gasteiger partial charge in [0.1, 0.15) is 5.78 Å². The standard InChI is InChI=1S/C12H17NO3S/c1-3-4-11(14)9-13-17(15,16)12-7-5-10(2)6-8-12/h5-8,13H,3-4,9H2,1-2H3. The maximum atomic E-state index is 11.8. The van der Waals surface area contributed by atoms with Crippen molar-refractivity contribution in [3.05, 3.63) is 29.8 Å². The Bertz CT molecular complexity index is 477. The molecule has 0 saturated heterocycles. The second-order valence-corrected chi connectivity index (χ2v) is 5.69. The van der Waals surface area contributed by atoms with E-state index in [0.29, 0.717) is 6.42 Å². The van der Waals surface area contributed by atoms with Crippen molar-refractivity contribution in [3.8, 4) is 0 Å². The molecule has 0 aromatic heterocycles. The van der Waals surface area contributed by atoms with Gasteiger partial charge in [0.25, 0.3) is 0 Å². The second kappa shape index (κ2) is 5.93. The van der Waals surface area contributed by atoms with Crippen molar-refractivity contribution in [2.45, 2.75) is 31.6 Å². The summed E-state index contributed by atoms with van der Waals surface area (Å²) in [5.41, 5.74) is 0.992. The number of rotatable bonds is 6. The predicted molar refractivity (Wildman–Crippen MR) is 66.3 cm³/mol. The fourth-order valence-corrected chi connectivity index (χ4v) is 2.36. The van der Waals surface area contributed by atoms with Crippen LogP contribution in [0.4, 0.5) is 0 Å². The number of nitrogens with one attached hydrogen (secondary N) is 1. The Morgan fingerprint density at radius 1 is 1.24 bits per heavy atom. The Balaban J connectivity index is 2.69. The van der Waals surface area contributed by atoms with Crippen molar-refractivity contribution >= 4 is 15.8 Å². The van der Waals surface area contributed by atoms with Gasteiger partial charge in [0.2, 0.25) is 10.0 Å². The summed E-state index contributed by atoms with van der Waals surface area (Å²) in [4.78, 5) is 11.4. The van der Waals surface area contributed by atoms with Gasteiger partial charge in [0.05, 0.1) is 11.4 Å². The normalized spacial score (nSPS) is 11.4. The minimum Gasteiger partial charge on any atom is -0.298 e. The molecule has 0 aliphatic carbocycles. The van der Waals surface area contributed by atoms with Gasteiger partial charge in [-0.25, -0.2) is 13.1 Å². The van der Waals surface area contributed by atoms with Crippen LogP contribution in [0.15, 0.2) is 29.2 Å². The van der Waals surface area contributed by atoms with Crippen LogP contribution >= 0.6 is 0 Å². The zero-order valence-corrected chi connectivity index (χ0v) is 10.9. The van der Waals surface area contributed by atoms with E-state index in [1.54, 1.807) is 12.1 Å². The van der Waals surface area contributed by atoms with Crippen LogP contribution < -0.4 is 4.72 Å². The molecule has 1 aromatic rings. The van der Waals surface area contributed by atoms with Crippen molar-refractivity contribution in [1.82, 2.24) is 4.72 Å². The molecule has 17 heavy (non-hydrogen) atoms. The molecular weight excluding hydrogens is 238 g/mol. The van der Waals surface area contributed by atoms with Crippen molar-refractivity contribution in [2.75, 3.05) is 6.54 Å². The third kappa shape index (κ3) is 4.28. The summed E-state index contributed by atoms with van der Waals surface area (Å²) < 4.78 is 25.9. The average molecular weight is 255 g/mol. The van der Waals surface area contributed by atoms with E-state index >= 15 is 0 Å². The maximum absolute atomic E-state index is 11.8. The average Bonchev–Trinajstić information content (AvgIpc) is 2.28. The van der Waals surface area contributed by atoms with E-state index in [-0.39, 0.29) is 17.2 Å². The number of hydrogen-bond donors (Lipinski definition) is 1. The van der Waals surface area contributed by atoms with Crippen LogP contribution in [0.25, 0.3) is 0 Å². The first kappa shape index (κ1) is 13.9. The first-order valence-electron chi connectivity index (χ1n) is 5.53. The molecule has 4 nitrogen and oxygen atoms in total. The topological polar surface area (TPSA) is 63.2 Å². The van der Waals surface area contributed by atoms with E-state index in [4.69, 9.17) is 0 Å². The summed E-state index contributed by atoms with van der Waals surface area (Å²) in [5.74, 6) is -0.0943. The lowest BCUT2D eigenvalue weighted by Crippen LogP contribution is -2.29. The Morgan fingerprint density at radius 2 is 1.82 bits per heavy atom. The van der Waals surface area contributed by atoms with E-state index < -0.39 is 10.0 Å². The molecule has 0 atom stereocenters. The molecule has 0 heterocycles. The summed E-state index contributed by atoms with van der Waals surface area (Å²) in [7, 11) is -3.56. The third-order valence-corrected chi connectivity index (χ3v) is 3.74. The number of carbonyl (C=O) groups excluding carboxylic acids is 1. The molecule has 0 amide bonds. The Morgan fingerprint density at radius 3 is 2.35 bits per heavy atom. The number of aryl methyl sites for hydroxylation is 1. The summed E-state index contributed by atoms with van der Waals surface area (Å²) in [5, 5.41) is 0. The fraction of sp³-hybridized carbons (Fsp3) is 0.417. The molecule has 94 valence electrons. The number of carbonyl (C=O) groups is 1. The Hall–Kier alpha value is -1.20. The molecule has 1 aromatic carbocycles. The van der Waals surface area contributed by atoms with Crippen LogP contribution in [-0.4, -0.2) is 20.7 Å². The van der Waals surface area contributed by atoms with E-state index in [1.165, 1.54) is 12.1 Å². The zero-order chi connectivity index (χ0) is 12.9. The Kier molecular flexibility index (Phi) is 4.84. The molecule has 5 heteroatoms. The van der Waals surface area contributed by atoms with Gasteiger partial charge >= 0.3 is 0 Å². The third-order valence-electron chi connectivity index (χ3n) is 2.32. The Labute approximate surface area is 102 Å². The highest BCUT2D eigenvalue weighted by Gasteiger charge is 2.14. The highest BCUT2D eigenvalue weighted by Crippen LogP contribution is 2.09. The van der Waals surface area contributed by atoms with Crippen molar-refractivity contribution in [1.29, 1.82) is 0 Å². The molecule has 0 fully saturated rings. The second-order valence-electron chi connectivity index (χ2n) is 3.93. The van der Waals surface area contributed by atoms with Crippen LogP contribution in [0, 0.1) is 6.92 Å². The molecule has 0 aliphatic rings. The molecule has 0 bridgehead atoms. The lowest BCUT2D eigenvalue weighted by Gasteiger charge is -2.06. The highest BCUT2D eigenvalue weighted by molar-refractivity contribution is 7.89. The monoisotopic (exact) mass is 255 g/mol. The highest BCUT2D eigenvalue weighted by atomic mass is 32.2. The first-order valence-corrected chi connectivity index (χ1v) is 7.02. The molecule has 0 unspecified atom stereocenters. The zero-order valence-electron chi connectivity index (χ0n) is 10.1. The van der Waals surface area contributed by atoms with Gasteiger partial charge in [-0.1, -0.05) is 24.6 Å². The van der Waals surface area contributed by atoms with Crippen LogP contribution in [0.5, 0.6) is 0 Å². The quantitative estimate of drug-likeness (QED) is 0.840. The SMILES string of the molecule is CCCC(=O)CNS(=O)(=O)c1ccc(C)cc1. The molecule has 0 radical (unpaired) electrons. The maximum Gasteiger partial charge on any atom is 0.240 e. The van der Waals surface area contributed by atoms with Gasteiger partial charge in [0.15, 0.2) is 0 Å². The lowest BCUT2D eigenvalue weighted by atomic mass is 10.2. The number of Topliss-reactive ketones (excluding diaryl/α,β-unsaturated/α-hetero) is 1. The predicted octanol–water partition coefficient (Wildman–Crippen LogP) is 1.64. The molecule has 0 spiro atoms. The van der Waals surface area contributed by atoms with E-state index in [1.807, 2.05) is 13.8 Å². The van der Waals surface area contributed by atoms with Gasteiger partial charge < -0.3 is 0 Å². The molecule has 1 N–H and O–H groups in total. The minimum atomic E-state index is -3.56. The largest absolute Gasteiger partial charge is 0.298 e. The number of benzene rings is 1. The van der Waals surface area contributed by atoms with Crippen molar-refractivity contribution < 1.29 is 13.2 Å². The smallest absolute Gasteiger partial charge is 0.240 e. The van der Waals surface area contributed by atoms with Crippen LogP contribution in [0.2, 0.25) is 0 Å². The molecule has 1 rings (SSSR count). The summed E-state index contributed by atoms with van der Waals surface area (Å²) in [6.45, 7) is 3.63. The first-order chi connectivity index (χ1) is 7.95. The van der Waals surface area contributed by atoms with Crippen LogP contribution in [0.3, 0.4) is 0 Å². The van der Waals surface area contributed by atoms with Gasteiger partial charge in [-0.3, -0.25) is 4.79 Å². The summed E-state index contributed by atoms with van der Waals surface area (Å²) in [6.07, 6.45) is 1.13. The number of hydrogen-bond acceptors (Lipinski definition) is 3. The van der Waals surface area contributed by atoms with E-state index in [0.717, 1.165) is 12.0 Å².